The lowest BCUT2D eigenvalue weighted by Crippen LogP contribution is -2.42. The Bertz CT molecular complexity index is 575. The first-order chi connectivity index (χ1) is 10.7. The third kappa shape index (κ3) is 3.51. The molecule has 4 unspecified atom stereocenters. The molecule has 2 bridgehead atoms. The normalized spacial score (nSPS) is 30.6. The maximum absolute atomic E-state index is 12.6. The van der Waals surface area contributed by atoms with Crippen LogP contribution < -0.4 is 16.0 Å². The van der Waals surface area contributed by atoms with Crippen molar-refractivity contribution < 1.29 is 4.79 Å². The molecule has 4 rings (SSSR count). The summed E-state index contributed by atoms with van der Waals surface area (Å²) in [5, 5.41) is 3.12. The fourth-order valence-electron chi connectivity index (χ4n) is 4.71. The van der Waals surface area contributed by atoms with Crippen molar-refractivity contribution in [3.05, 3.63) is 24.3 Å². The van der Waals surface area contributed by atoms with E-state index in [2.05, 4.69) is 22.3 Å². The molecule has 1 aromatic carbocycles. The molecule has 24 heavy (non-hydrogen) atoms. The van der Waals surface area contributed by atoms with Crippen molar-refractivity contribution in [1.29, 1.82) is 0 Å². The van der Waals surface area contributed by atoms with Crippen LogP contribution in [0.3, 0.4) is 0 Å². The SMILES string of the molecule is Cl.Cl.NC1C2CCC(C2)C1C(=O)Nc1cccc(N2CCCC2)c1. The molecule has 3 N–H and O–H groups in total. The molecule has 4 atom stereocenters. The standard InChI is InChI=1S/C18H25N3O.2ClH/c19-17-13-7-6-12(10-13)16(17)18(22)20-14-4-3-5-15(11-14)21-8-1-2-9-21;;/h3-5,11-13,16-17H,1-2,6-10,19H2,(H,20,22);2*1H. The highest BCUT2D eigenvalue weighted by molar-refractivity contribution is 5.94. The van der Waals surface area contributed by atoms with Crippen LogP contribution in [0.4, 0.5) is 11.4 Å². The van der Waals surface area contributed by atoms with Crippen LogP contribution in [0.1, 0.15) is 32.1 Å². The van der Waals surface area contributed by atoms with E-state index in [-0.39, 0.29) is 42.7 Å². The van der Waals surface area contributed by atoms with E-state index in [1.165, 1.54) is 31.4 Å². The molecule has 3 aliphatic rings. The molecule has 2 saturated carbocycles. The molecule has 3 fully saturated rings. The summed E-state index contributed by atoms with van der Waals surface area (Å²) < 4.78 is 0. The van der Waals surface area contributed by atoms with Gasteiger partial charge in [-0.1, -0.05) is 6.07 Å². The van der Waals surface area contributed by atoms with Gasteiger partial charge in [0.25, 0.3) is 0 Å². The maximum Gasteiger partial charge on any atom is 0.229 e. The van der Waals surface area contributed by atoms with Crippen LogP contribution in [0.25, 0.3) is 0 Å². The number of benzene rings is 1. The van der Waals surface area contributed by atoms with Crippen molar-refractivity contribution >= 4 is 42.1 Å². The van der Waals surface area contributed by atoms with Crippen molar-refractivity contribution in [2.75, 3.05) is 23.3 Å². The number of hydrogen-bond donors (Lipinski definition) is 2. The zero-order valence-corrected chi connectivity index (χ0v) is 15.5. The van der Waals surface area contributed by atoms with E-state index in [9.17, 15) is 4.79 Å². The Labute approximate surface area is 156 Å². The topological polar surface area (TPSA) is 58.4 Å². The first-order valence-corrected chi connectivity index (χ1v) is 8.64. The Hall–Kier alpha value is -0.970. The Kier molecular flexibility index (Phi) is 6.40. The van der Waals surface area contributed by atoms with Gasteiger partial charge in [0.05, 0.1) is 5.92 Å². The first-order valence-electron chi connectivity index (χ1n) is 8.64. The number of carbonyl (C=O) groups is 1. The van der Waals surface area contributed by atoms with Crippen molar-refractivity contribution in [2.45, 2.75) is 38.1 Å². The highest BCUT2D eigenvalue weighted by atomic mass is 35.5. The van der Waals surface area contributed by atoms with Crippen LogP contribution in [-0.2, 0) is 4.79 Å². The van der Waals surface area contributed by atoms with Crippen LogP contribution in [0.5, 0.6) is 0 Å². The summed E-state index contributed by atoms with van der Waals surface area (Å²) in [6, 6.07) is 8.30. The van der Waals surface area contributed by atoms with Crippen LogP contribution in [-0.4, -0.2) is 25.0 Å². The van der Waals surface area contributed by atoms with Crippen LogP contribution >= 0.6 is 24.8 Å². The number of hydrogen-bond acceptors (Lipinski definition) is 3. The number of rotatable bonds is 3. The van der Waals surface area contributed by atoms with Gasteiger partial charge in [-0.15, -0.1) is 24.8 Å². The minimum atomic E-state index is 0. The van der Waals surface area contributed by atoms with Crippen molar-refractivity contribution in [3.63, 3.8) is 0 Å². The summed E-state index contributed by atoms with van der Waals surface area (Å²) >= 11 is 0. The van der Waals surface area contributed by atoms with Gasteiger partial charge >= 0.3 is 0 Å². The molecule has 1 saturated heterocycles. The Morgan fingerprint density at radius 3 is 2.50 bits per heavy atom. The summed E-state index contributed by atoms with van der Waals surface area (Å²) in [5.74, 6) is 1.20. The molecule has 1 amide bonds. The number of halogens is 2. The number of nitrogens with two attached hydrogens (primary N) is 1. The van der Waals surface area contributed by atoms with Gasteiger partial charge < -0.3 is 16.0 Å². The average molecular weight is 372 g/mol. The van der Waals surface area contributed by atoms with Crippen molar-refractivity contribution in [3.8, 4) is 0 Å². The molecule has 6 heteroatoms. The first kappa shape index (κ1) is 19.4. The highest BCUT2D eigenvalue weighted by Crippen LogP contribution is 2.47. The summed E-state index contributed by atoms with van der Waals surface area (Å²) in [5.41, 5.74) is 8.40. The van der Waals surface area contributed by atoms with Gasteiger partial charge in [-0.3, -0.25) is 4.79 Å². The summed E-state index contributed by atoms with van der Waals surface area (Å²) in [6.45, 7) is 2.24. The molecule has 1 aromatic rings. The van der Waals surface area contributed by atoms with Gasteiger partial charge in [0.1, 0.15) is 0 Å². The second kappa shape index (κ2) is 7.94. The summed E-state index contributed by atoms with van der Waals surface area (Å²) in [7, 11) is 0. The number of fused-ring (bicyclic) bond motifs is 2. The molecular formula is C18H27Cl2N3O. The molecule has 1 heterocycles. The lowest BCUT2D eigenvalue weighted by Gasteiger charge is -2.27. The summed E-state index contributed by atoms with van der Waals surface area (Å²) in [6.07, 6.45) is 6.05. The molecule has 0 spiro atoms. The zero-order valence-electron chi connectivity index (χ0n) is 13.8. The van der Waals surface area contributed by atoms with Crippen LogP contribution in [0.15, 0.2) is 24.3 Å². The van der Waals surface area contributed by atoms with E-state index in [0.717, 1.165) is 25.2 Å². The van der Waals surface area contributed by atoms with Gasteiger partial charge in [-0.2, -0.15) is 0 Å². The molecule has 134 valence electrons. The van der Waals surface area contributed by atoms with Crippen LogP contribution in [0.2, 0.25) is 0 Å². The van der Waals surface area contributed by atoms with E-state index < -0.39 is 0 Å². The van der Waals surface area contributed by atoms with E-state index in [4.69, 9.17) is 5.73 Å². The maximum atomic E-state index is 12.6. The zero-order chi connectivity index (χ0) is 15.1. The predicted octanol–water partition coefficient (Wildman–Crippen LogP) is 3.44. The van der Waals surface area contributed by atoms with Gasteiger partial charge in [-0.25, -0.2) is 0 Å². The number of carbonyl (C=O) groups excluding carboxylic acids is 1. The average Bonchev–Trinajstić information content (AvgIpc) is 3.24. The minimum absolute atomic E-state index is 0. The smallest absolute Gasteiger partial charge is 0.229 e. The van der Waals surface area contributed by atoms with Gasteiger partial charge in [0, 0.05) is 30.5 Å². The molecule has 0 radical (unpaired) electrons. The third-order valence-corrected chi connectivity index (χ3v) is 5.87. The second-order valence-electron chi connectivity index (χ2n) is 7.17. The van der Waals surface area contributed by atoms with Gasteiger partial charge in [-0.05, 0) is 62.1 Å². The largest absolute Gasteiger partial charge is 0.371 e. The third-order valence-electron chi connectivity index (χ3n) is 5.87. The predicted molar refractivity (Wildman–Crippen MR) is 103 cm³/mol. The van der Waals surface area contributed by atoms with E-state index in [1.54, 1.807) is 0 Å². The van der Waals surface area contributed by atoms with E-state index in [0.29, 0.717) is 11.8 Å². The quantitative estimate of drug-likeness (QED) is 0.855. The minimum Gasteiger partial charge on any atom is -0.371 e. The van der Waals surface area contributed by atoms with Crippen molar-refractivity contribution in [1.82, 2.24) is 0 Å². The number of anilines is 2. The number of nitrogens with zero attached hydrogens (tertiary/aromatic N) is 1. The monoisotopic (exact) mass is 371 g/mol. The summed E-state index contributed by atoms with van der Waals surface area (Å²) in [4.78, 5) is 15.0. The second-order valence-corrected chi connectivity index (χ2v) is 7.17. The molecule has 0 aromatic heterocycles. The fourth-order valence-corrected chi connectivity index (χ4v) is 4.71. The fraction of sp³-hybridized carbons (Fsp3) is 0.611. The Morgan fingerprint density at radius 1 is 1.12 bits per heavy atom. The molecule has 2 aliphatic carbocycles. The van der Waals surface area contributed by atoms with Gasteiger partial charge in [0.2, 0.25) is 5.91 Å². The Morgan fingerprint density at radius 2 is 1.83 bits per heavy atom. The highest BCUT2D eigenvalue weighted by Gasteiger charge is 2.49. The molecular weight excluding hydrogens is 345 g/mol. The van der Waals surface area contributed by atoms with Crippen molar-refractivity contribution in [2.24, 2.45) is 23.5 Å². The lowest BCUT2D eigenvalue weighted by molar-refractivity contribution is -0.121. The van der Waals surface area contributed by atoms with Gasteiger partial charge in [0.15, 0.2) is 0 Å². The number of amides is 1. The van der Waals surface area contributed by atoms with E-state index >= 15 is 0 Å². The molecule has 4 nitrogen and oxygen atoms in total. The van der Waals surface area contributed by atoms with Crippen LogP contribution in [0, 0.1) is 17.8 Å². The lowest BCUT2D eigenvalue weighted by atomic mass is 9.84. The Balaban J connectivity index is 0.00000104. The number of nitrogens with one attached hydrogen (secondary N) is 1. The molecule has 1 aliphatic heterocycles. The van der Waals surface area contributed by atoms with E-state index in [1.807, 2.05) is 12.1 Å².